The monoisotopic (exact) mass is 276 g/mol. The van der Waals surface area contributed by atoms with Crippen LogP contribution in [0, 0.1) is 0 Å². The summed E-state index contributed by atoms with van der Waals surface area (Å²) in [5, 5.41) is 15.3. The standard InChI is InChI=1S/C12H21ClN2O3/c1-6-8-10(13)9(15(3)14-8)7-12(2,16)11(17-4)18-5/h11,16H,6-7H2,1-5H3. The van der Waals surface area contributed by atoms with Gasteiger partial charge in [-0.05, 0) is 13.3 Å². The van der Waals surface area contributed by atoms with E-state index < -0.39 is 11.9 Å². The van der Waals surface area contributed by atoms with Crippen molar-refractivity contribution in [2.75, 3.05) is 14.2 Å². The molecule has 0 fully saturated rings. The Kier molecular flexibility index (Phi) is 5.16. The van der Waals surface area contributed by atoms with Gasteiger partial charge < -0.3 is 14.6 Å². The van der Waals surface area contributed by atoms with Crippen molar-refractivity contribution < 1.29 is 14.6 Å². The number of methoxy groups -OCH3 is 2. The van der Waals surface area contributed by atoms with Gasteiger partial charge in [0.2, 0.25) is 0 Å². The van der Waals surface area contributed by atoms with Crippen LogP contribution in [0.4, 0.5) is 0 Å². The van der Waals surface area contributed by atoms with Gasteiger partial charge in [0.25, 0.3) is 0 Å². The first-order valence-corrected chi connectivity index (χ1v) is 6.23. The normalized spacial score (nSPS) is 15.1. The van der Waals surface area contributed by atoms with E-state index in [4.69, 9.17) is 21.1 Å². The third-order valence-corrected chi connectivity index (χ3v) is 3.40. The van der Waals surface area contributed by atoms with Crippen molar-refractivity contribution in [1.29, 1.82) is 0 Å². The molecule has 0 aliphatic carbocycles. The molecular weight excluding hydrogens is 256 g/mol. The third-order valence-electron chi connectivity index (χ3n) is 2.96. The molecule has 0 spiro atoms. The van der Waals surface area contributed by atoms with E-state index in [0.29, 0.717) is 11.4 Å². The van der Waals surface area contributed by atoms with Gasteiger partial charge in [-0.3, -0.25) is 4.68 Å². The fraction of sp³-hybridized carbons (Fsp3) is 0.750. The molecule has 0 aliphatic rings. The molecular formula is C12H21ClN2O3. The number of rotatable bonds is 6. The van der Waals surface area contributed by atoms with E-state index in [0.717, 1.165) is 17.8 Å². The second-order valence-electron chi connectivity index (χ2n) is 4.52. The second-order valence-corrected chi connectivity index (χ2v) is 4.90. The topological polar surface area (TPSA) is 56.5 Å². The van der Waals surface area contributed by atoms with Crippen LogP contribution >= 0.6 is 11.6 Å². The number of aryl methyl sites for hydroxylation is 2. The highest BCUT2D eigenvalue weighted by atomic mass is 35.5. The average Bonchev–Trinajstić information content (AvgIpc) is 2.57. The summed E-state index contributed by atoms with van der Waals surface area (Å²) in [6, 6.07) is 0. The molecule has 0 bridgehead atoms. The Morgan fingerprint density at radius 3 is 2.39 bits per heavy atom. The fourth-order valence-electron chi connectivity index (χ4n) is 2.04. The SMILES string of the molecule is CCc1nn(C)c(CC(C)(O)C(OC)OC)c1Cl. The summed E-state index contributed by atoms with van der Waals surface area (Å²) in [6.07, 6.45) is 0.350. The molecule has 1 aromatic heterocycles. The lowest BCUT2D eigenvalue weighted by atomic mass is 9.99. The van der Waals surface area contributed by atoms with E-state index in [-0.39, 0.29) is 0 Å². The summed E-state index contributed by atoms with van der Waals surface area (Å²) in [5.74, 6) is 0. The summed E-state index contributed by atoms with van der Waals surface area (Å²) in [6.45, 7) is 3.64. The van der Waals surface area contributed by atoms with E-state index in [2.05, 4.69) is 5.10 Å². The highest BCUT2D eigenvalue weighted by Crippen LogP contribution is 2.27. The molecule has 1 heterocycles. The van der Waals surface area contributed by atoms with Crippen molar-refractivity contribution in [1.82, 2.24) is 9.78 Å². The number of ether oxygens (including phenoxy) is 2. The van der Waals surface area contributed by atoms with Gasteiger partial charge in [-0.2, -0.15) is 5.10 Å². The minimum atomic E-state index is -1.17. The van der Waals surface area contributed by atoms with Crippen molar-refractivity contribution in [3.8, 4) is 0 Å². The fourth-order valence-corrected chi connectivity index (χ4v) is 2.40. The molecule has 1 rings (SSSR count). The smallest absolute Gasteiger partial charge is 0.185 e. The highest BCUT2D eigenvalue weighted by Gasteiger charge is 2.34. The van der Waals surface area contributed by atoms with Crippen LogP contribution in [0.3, 0.4) is 0 Å². The molecule has 1 atom stereocenters. The van der Waals surface area contributed by atoms with Crippen LogP contribution in [0.5, 0.6) is 0 Å². The molecule has 6 heteroatoms. The van der Waals surface area contributed by atoms with E-state index >= 15 is 0 Å². The Balaban J connectivity index is 3.00. The van der Waals surface area contributed by atoms with E-state index in [1.165, 1.54) is 14.2 Å². The lowest BCUT2D eigenvalue weighted by Gasteiger charge is -2.30. The van der Waals surface area contributed by atoms with Crippen LogP contribution in [0.25, 0.3) is 0 Å². The van der Waals surface area contributed by atoms with Gasteiger partial charge >= 0.3 is 0 Å². The molecule has 104 valence electrons. The Bertz CT molecular complexity index is 400. The molecule has 0 saturated carbocycles. The van der Waals surface area contributed by atoms with Crippen LogP contribution in [0.1, 0.15) is 25.2 Å². The highest BCUT2D eigenvalue weighted by molar-refractivity contribution is 6.31. The van der Waals surface area contributed by atoms with Gasteiger partial charge in [0, 0.05) is 27.7 Å². The summed E-state index contributed by atoms with van der Waals surface area (Å²) in [5.41, 5.74) is 0.431. The number of aromatic nitrogens is 2. The maximum Gasteiger partial charge on any atom is 0.185 e. The van der Waals surface area contributed by atoms with Crippen molar-refractivity contribution in [2.24, 2.45) is 7.05 Å². The quantitative estimate of drug-likeness (QED) is 0.801. The first-order chi connectivity index (χ1) is 8.37. The molecule has 1 aromatic rings. The Labute approximate surface area is 113 Å². The Morgan fingerprint density at radius 1 is 1.44 bits per heavy atom. The summed E-state index contributed by atoms with van der Waals surface area (Å²) >= 11 is 6.25. The van der Waals surface area contributed by atoms with E-state index in [1.807, 2.05) is 14.0 Å². The van der Waals surface area contributed by atoms with Crippen LogP contribution in [0.2, 0.25) is 5.02 Å². The first-order valence-electron chi connectivity index (χ1n) is 5.85. The van der Waals surface area contributed by atoms with Gasteiger partial charge in [0.15, 0.2) is 6.29 Å². The number of aliphatic hydroxyl groups is 1. The van der Waals surface area contributed by atoms with Crippen molar-refractivity contribution in [3.05, 3.63) is 16.4 Å². The number of halogens is 1. The van der Waals surface area contributed by atoms with E-state index in [1.54, 1.807) is 11.6 Å². The Morgan fingerprint density at radius 2 is 2.00 bits per heavy atom. The van der Waals surface area contributed by atoms with Gasteiger partial charge in [0.05, 0.1) is 16.4 Å². The van der Waals surface area contributed by atoms with Crippen LogP contribution < -0.4 is 0 Å². The van der Waals surface area contributed by atoms with Crippen LogP contribution in [-0.4, -0.2) is 41.0 Å². The molecule has 0 saturated heterocycles. The molecule has 1 N–H and O–H groups in total. The number of hydrogen-bond donors (Lipinski definition) is 1. The number of nitrogens with zero attached hydrogens (tertiary/aromatic N) is 2. The zero-order valence-electron chi connectivity index (χ0n) is 11.5. The zero-order chi connectivity index (χ0) is 13.9. The largest absolute Gasteiger partial charge is 0.384 e. The first kappa shape index (κ1) is 15.4. The molecule has 0 aromatic carbocycles. The number of hydrogen-bond acceptors (Lipinski definition) is 4. The lowest BCUT2D eigenvalue weighted by molar-refractivity contribution is -0.207. The molecule has 0 radical (unpaired) electrons. The van der Waals surface area contributed by atoms with Gasteiger partial charge in [-0.15, -0.1) is 0 Å². The summed E-state index contributed by atoms with van der Waals surface area (Å²) in [7, 11) is 4.79. The molecule has 5 nitrogen and oxygen atoms in total. The van der Waals surface area contributed by atoms with Crippen molar-refractivity contribution >= 4 is 11.6 Å². The predicted molar refractivity (Wildman–Crippen MR) is 69.7 cm³/mol. The van der Waals surface area contributed by atoms with Gasteiger partial charge in [-0.25, -0.2) is 0 Å². The molecule has 0 aliphatic heterocycles. The van der Waals surface area contributed by atoms with Crippen LogP contribution in [-0.2, 0) is 29.4 Å². The van der Waals surface area contributed by atoms with Crippen molar-refractivity contribution in [2.45, 2.75) is 38.6 Å². The summed E-state index contributed by atoms with van der Waals surface area (Å²) in [4.78, 5) is 0. The summed E-state index contributed by atoms with van der Waals surface area (Å²) < 4.78 is 11.9. The maximum absolute atomic E-state index is 10.4. The minimum Gasteiger partial charge on any atom is -0.384 e. The Hall–Kier alpha value is -0.620. The molecule has 18 heavy (non-hydrogen) atoms. The van der Waals surface area contributed by atoms with Crippen LogP contribution in [0.15, 0.2) is 0 Å². The third kappa shape index (κ3) is 3.03. The van der Waals surface area contributed by atoms with Gasteiger partial charge in [0.1, 0.15) is 5.60 Å². The second kappa shape index (κ2) is 6.02. The van der Waals surface area contributed by atoms with Gasteiger partial charge in [-0.1, -0.05) is 18.5 Å². The average molecular weight is 277 g/mol. The zero-order valence-corrected chi connectivity index (χ0v) is 12.3. The molecule has 0 amide bonds. The van der Waals surface area contributed by atoms with E-state index in [9.17, 15) is 5.11 Å². The minimum absolute atomic E-state index is 0.307. The lowest BCUT2D eigenvalue weighted by Crippen LogP contribution is -2.44. The maximum atomic E-state index is 10.4. The molecule has 1 unspecified atom stereocenters. The van der Waals surface area contributed by atoms with Crippen molar-refractivity contribution in [3.63, 3.8) is 0 Å². The predicted octanol–water partition coefficient (Wildman–Crippen LogP) is 1.55.